The number of amides is 1. The summed E-state index contributed by atoms with van der Waals surface area (Å²) in [5, 5.41) is 13.8. The van der Waals surface area contributed by atoms with Crippen molar-refractivity contribution in [2.45, 2.75) is 231 Å². The summed E-state index contributed by atoms with van der Waals surface area (Å²) in [6.07, 6.45) is 70.6. The van der Waals surface area contributed by atoms with Gasteiger partial charge in [0.05, 0.1) is 39.9 Å². The lowest BCUT2D eigenvalue weighted by atomic mass is 10.0. The Kier molecular flexibility index (Phi) is 47.5. The molecule has 1 amide bonds. The number of aliphatic hydroxyl groups is 1. The zero-order valence-corrected chi connectivity index (χ0v) is 45.4. The number of unbranched alkanes of at least 4 members (excludes halogenated alkanes) is 22. The summed E-state index contributed by atoms with van der Waals surface area (Å²) in [6, 6.07) is -0.890. The minimum Gasteiger partial charge on any atom is -0.756 e. The Hall–Kier alpha value is -2.58. The number of allylic oxidation sites excluding steroid dienone is 15. The molecule has 0 aliphatic heterocycles. The molecule has 0 aliphatic rings. The van der Waals surface area contributed by atoms with E-state index in [0.29, 0.717) is 17.4 Å². The molecule has 2 N–H and O–H groups in total. The lowest BCUT2D eigenvalue weighted by molar-refractivity contribution is -0.870. The van der Waals surface area contributed by atoms with E-state index in [-0.39, 0.29) is 19.1 Å². The number of aliphatic hydroxyl groups excluding tert-OH is 1. The van der Waals surface area contributed by atoms with Crippen molar-refractivity contribution in [3.05, 3.63) is 97.2 Å². The van der Waals surface area contributed by atoms with Gasteiger partial charge in [-0.05, 0) is 77.0 Å². The van der Waals surface area contributed by atoms with E-state index in [1.807, 2.05) is 27.2 Å². The smallest absolute Gasteiger partial charge is 0.268 e. The first kappa shape index (κ1) is 65.4. The summed E-state index contributed by atoms with van der Waals surface area (Å²) in [6.45, 7) is 4.51. The zero-order chi connectivity index (χ0) is 49.9. The summed E-state index contributed by atoms with van der Waals surface area (Å²) in [5.74, 6) is -0.204. The van der Waals surface area contributed by atoms with Gasteiger partial charge in [0.15, 0.2) is 0 Å². The normalized spacial score (nSPS) is 14.8. The Morgan fingerprint density at radius 1 is 0.529 bits per heavy atom. The molecule has 68 heavy (non-hydrogen) atoms. The van der Waals surface area contributed by atoms with E-state index in [1.54, 1.807) is 6.08 Å². The second-order valence-electron chi connectivity index (χ2n) is 19.6. The molecule has 0 aliphatic carbocycles. The predicted molar refractivity (Wildman–Crippen MR) is 293 cm³/mol. The molecular weight excluding hydrogens is 864 g/mol. The van der Waals surface area contributed by atoms with Crippen LogP contribution in [0.4, 0.5) is 0 Å². The van der Waals surface area contributed by atoms with Crippen molar-refractivity contribution in [3.8, 4) is 0 Å². The molecule has 3 atom stereocenters. The van der Waals surface area contributed by atoms with Crippen LogP contribution in [0.2, 0.25) is 0 Å². The number of likely N-dealkylation sites (N-methyl/N-ethyl adjacent to an activating group) is 1. The molecule has 9 heteroatoms. The van der Waals surface area contributed by atoms with Crippen molar-refractivity contribution in [3.63, 3.8) is 0 Å². The first-order valence-electron chi connectivity index (χ1n) is 27.6. The van der Waals surface area contributed by atoms with Gasteiger partial charge >= 0.3 is 0 Å². The van der Waals surface area contributed by atoms with E-state index in [9.17, 15) is 19.4 Å². The van der Waals surface area contributed by atoms with Gasteiger partial charge in [0, 0.05) is 6.42 Å². The minimum absolute atomic E-state index is 0.00467. The van der Waals surface area contributed by atoms with Gasteiger partial charge < -0.3 is 28.8 Å². The van der Waals surface area contributed by atoms with Crippen molar-refractivity contribution in [1.82, 2.24) is 5.32 Å². The third-order valence-corrected chi connectivity index (χ3v) is 12.8. The molecule has 3 unspecified atom stereocenters. The van der Waals surface area contributed by atoms with E-state index in [4.69, 9.17) is 9.05 Å². The zero-order valence-electron chi connectivity index (χ0n) is 44.5. The second-order valence-corrected chi connectivity index (χ2v) is 21.0. The van der Waals surface area contributed by atoms with Crippen LogP contribution in [0, 0.1) is 0 Å². The lowest BCUT2D eigenvalue weighted by Gasteiger charge is -2.29. The van der Waals surface area contributed by atoms with Crippen LogP contribution in [-0.2, 0) is 18.4 Å². The van der Waals surface area contributed by atoms with Gasteiger partial charge in [-0.15, -0.1) is 0 Å². The topological polar surface area (TPSA) is 108 Å². The van der Waals surface area contributed by atoms with Crippen LogP contribution in [0.1, 0.15) is 219 Å². The molecule has 0 fully saturated rings. The fourth-order valence-electron chi connectivity index (χ4n) is 7.49. The maximum atomic E-state index is 12.9. The fourth-order valence-corrected chi connectivity index (χ4v) is 8.21. The molecule has 0 aromatic carbocycles. The van der Waals surface area contributed by atoms with Crippen molar-refractivity contribution in [2.75, 3.05) is 40.9 Å². The van der Waals surface area contributed by atoms with Gasteiger partial charge in [-0.3, -0.25) is 9.36 Å². The van der Waals surface area contributed by atoms with Gasteiger partial charge in [0.1, 0.15) is 13.2 Å². The van der Waals surface area contributed by atoms with Crippen molar-refractivity contribution < 1.29 is 32.9 Å². The molecule has 0 heterocycles. The summed E-state index contributed by atoms with van der Waals surface area (Å²) in [5.41, 5.74) is 0. The quantitative estimate of drug-likeness (QED) is 0.0272. The summed E-state index contributed by atoms with van der Waals surface area (Å²) in [7, 11) is 1.25. The first-order valence-corrected chi connectivity index (χ1v) is 29.1. The molecule has 0 aromatic rings. The number of quaternary nitrogens is 1. The van der Waals surface area contributed by atoms with Crippen LogP contribution in [0.15, 0.2) is 97.2 Å². The Bertz CT molecular complexity index is 1420. The predicted octanol–water partition coefficient (Wildman–Crippen LogP) is 16.0. The molecule has 0 bridgehead atoms. The van der Waals surface area contributed by atoms with Gasteiger partial charge in [-0.25, -0.2) is 0 Å². The van der Waals surface area contributed by atoms with Gasteiger partial charge in [-0.1, -0.05) is 233 Å². The third-order valence-electron chi connectivity index (χ3n) is 11.8. The number of nitrogens with zero attached hydrogens (tertiary/aromatic N) is 1. The van der Waals surface area contributed by atoms with Gasteiger partial charge in [-0.2, -0.15) is 0 Å². The lowest BCUT2D eigenvalue weighted by Crippen LogP contribution is -2.45. The van der Waals surface area contributed by atoms with Gasteiger partial charge in [0.2, 0.25) is 5.91 Å². The van der Waals surface area contributed by atoms with E-state index in [1.165, 1.54) is 116 Å². The number of phosphoric acid groups is 1. The number of phosphoric ester groups is 1. The highest BCUT2D eigenvalue weighted by Gasteiger charge is 2.23. The van der Waals surface area contributed by atoms with Crippen LogP contribution >= 0.6 is 7.82 Å². The number of carbonyl (C=O) groups is 1. The SMILES string of the molecule is CC/C=C\C/C=C\C/C=C\C/C=C\C/C=C\C/C=C\C/C=C\CCCCCCCCCCCCCCCC(=O)NC(COP(=O)([O-])OCC[N+](C)(C)C)C(O)/C=C/CCCCCCCCCCC. The average molecular weight is 969 g/mol. The van der Waals surface area contributed by atoms with E-state index >= 15 is 0 Å². The Morgan fingerprint density at radius 3 is 1.31 bits per heavy atom. The monoisotopic (exact) mass is 969 g/mol. The number of hydrogen-bond donors (Lipinski definition) is 2. The maximum Gasteiger partial charge on any atom is 0.268 e. The van der Waals surface area contributed by atoms with E-state index < -0.39 is 20.0 Å². The van der Waals surface area contributed by atoms with Crippen molar-refractivity contribution in [1.29, 1.82) is 0 Å². The molecule has 0 radical (unpaired) electrons. The molecule has 392 valence electrons. The van der Waals surface area contributed by atoms with Crippen LogP contribution in [-0.4, -0.2) is 68.5 Å². The number of nitrogens with one attached hydrogen (secondary N) is 1. The highest BCUT2D eigenvalue weighted by Crippen LogP contribution is 2.38. The van der Waals surface area contributed by atoms with Crippen molar-refractivity contribution >= 4 is 13.7 Å². The maximum absolute atomic E-state index is 12.9. The highest BCUT2D eigenvalue weighted by atomic mass is 31.2. The highest BCUT2D eigenvalue weighted by molar-refractivity contribution is 7.45. The second kappa shape index (κ2) is 49.4. The van der Waals surface area contributed by atoms with E-state index in [0.717, 1.165) is 83.5 Å². The largest absolute Gasteiger partial charge is 0.756 e. The van der Waals surface area contributed by atoms with Crippen LogP contribution in [0.3, 0.4) is 0 Å². The van der Waals surface area contributed by atoms with Gasteiger partial charge in [0.25, 0.3) is 7.82 Å². The Labute approximate surface area is 419 Å². The first-order chi connectivity index (χ1) is 33.0. The summed E-state index contributed by atoms with van der Waals surface area (Å²) < 4.78 is 23.2. The van der Waals surface area contributed by atoms with Crippen LogP contribution < -0.4 is 10.2 Å². The standard InChI is InChI=1S/C59H105N2O6P/c1-6-8-10-12-14-16-18-19-20-21-22-23-24-25-26-27-28-29-30-31-32-33-34-35-36-37-38-39-40-41-43-45-47-49-51-53-59(63)60-57(56-67-68(64,65)66-55-54-61(3,4)5)58(62)52-50-48-46-44-42-17-15-13-11-9-7-2/h8,10,14,16,19-20,22-23,25-26,28-29,31-32,50,52,57-58,62H,6-7,9,11-13,15,17-18,21,24,27,30,33-49,51,53-56H2,1-5H3,(H-,60,63,64,65)/b10-8-,16-14-,20-19-,23-22-,26-25-,29-28-,32-31-,52-50+. The molecule has 8 nitrogen and oxygen atoms in total. The Balaban J connectivity index is 4.06. The molecule has 0 saturated heterocycles. The number of rotatable bonds is 49. The number of carbonyl (C=O) groups excluding carboxylic acids is 1. The van der Waals surface area contributed by atoms with Crippen LogP contribution in [0.25, 0.3) is 0 Å². The fraction of sp³-hybridized carbons (Fsp3) is 0.712. The average Bonchev–Trinajstić information content (AvgIpc) is 3.30. The minimum atomic E-state index is -4.59. The summed E-state index contributed by atoms with van der Waals surface area (Å²) in [4.78, 5) is 25.4. The third kappa shape index (κ3) is 51.3. The molecule has 0 saturated carbocycles. The summed E-state index contributed by atoms with van der Waals surface area (Å²) >= 11 is 0. The van der Waals surface area contributed by atoms with Crippen LogP contribution in [0.5, 0.6) is 0 Å². The Morgan fingerprint density at radius 2 is 0.897 bits per heavy atom. The molecule has 0 spiro atoms. The van der Waals surface area contributed by atoms with Crippen molar-refractivity contribution in [2.24, 2.45) is 0 Å². The molecule has 0 rings (SSSR count). The molecule has 0 aromatic heterocycles. The van der Waals surface area contributed by atoms with E-state index in [2.05, 4.69) is 104 Å². The number of hydrogen-bond acceptors (Lipinski definition) is 6. The molecular formula is C59H105N2O6P.